The molecular weight excluding hydrogens is 248 g/mol. The Kier molecular flexibility index (Phi) is 3.40. The number of aliphatic hydroxyl groups is 1. The van der Waals surface area contributed by atoms with Crippen molar-refractivity contribution in [3.05, 3.63) is 77.9 Å². The molecule has 3 aromatic carbocycles. The Bertz CT molecular complexity index is 720. The molecule has 1 N–H and O–H groups in total. The van der Waals surface area contributed by atoms with Crippen molar-refractivity contribution in [3.63, 3.8) is 0 Å². The minimum absolute atomic E-state index is 0.684. The molecule has 3 rings (SSSR count). The Labute approximate surface area is 118 Å². The maximum absolute atomic E-state index is 10.6. The van der Waals surface area contributed by atoms with Gasteiger partial charge in [0.1, 0.15) is 11.9 Å². The lowest BCUT2D eigenvalue weighted by Crippen LogP contribution is -2.02. The van der Waals surface area contributed by atoms with E-state index in [4.69, 9.17) is 4.74 Å². The van der Waals surface area contributed by atoms with Crippen LogP contribution in [0.1, 0.15) is 17.2 Å². The average molecular weight is 264 g/mol. The van der Waals surface area contributed by atoms with Gasteiger partial charge in [-0.3, -0.25) is 0 Å². The highest BCUT2D eigenvalue weighted by atomic mass is 16.5. The molecule has 20 heavy (non-hydrogen) atoms. The van der Waals surface area contributed by atoms with Gasteiger partial charge in [0.05, 0.1) is 7.11 Å². The number of hydrogen-bond donors (Lipinski definition) is 1. The highest BCUT2D eigenvalue weighted by molar-refractivity contribution is 5.85. The molecule has 3 aromatic rings. The molecule has 2 nitrogen and oxygen atoms in total. The molecule has 0 spiro atoms. The van der Waals surface area contributed by atoms with Crippen LogP contribution in [0.2, 0.25) is 0 Å². The number of rotatable bonds is 3. The molecule has 0 aromatic heterocycles. The largest absolute Gasteiger partial charge is 0.496 e. The van der Waals surface area contributed by atoms with Gasteiger partial charge >= 0.3 is 0 Å². The molecule has 2 heteroatoms. The second-order valence-corrected chi connectivity index (χ2v) is 4.75. The van der Waals surface area contributed by atoms with E-state index in [-0.39, 0.29) is 0 Å². The molecule has 0 saturated heterocycles. The summed E-state index contributed by atoms with van der Waals surface area (Å²) < 4.78 is 5.44. The van der Waals surface area contributed by atoms with Crippen molar-refractivity contribution in [2.75, 3.05) is 7.11 Å². The second kappa shape index (κ2) is 5.35. The van der Waals surface area contributed by atoms with Gasteiger partial charge in [0.25, 0.3) is 0 Å². The first-order valence-corrected chi connectivity index (χ1v) is 6.59. The van der Waals surface area contributed by atoms with E-state index >= 15 is 0 Å². The van der Waals surface area contributed by atoms with Crippen LogP contribution in [0, 0.1) is 0 Å². The molecule has 0 fully saturated rings. The minimum atomic E-state index is -0.684. The number of benzene rings is 3. The van der Waals surface area contributed by atoms with Gasteiger partial charge in [-0.1, -0.05) is 54.6 Å². The van der Waals surface area contributed by atoms with Crippen LogP contribution in [0.15, 0.2) is 66.7 Å². The fraction of sp³-hybridized carbons (Fsp3) is 0.111. The lowest BCUT2D eigenvalue weighted by molar-refractivity contribution is 0.215. The van der Waals surface area contributed by atoms with Gasteiger partial charge in [0.15, 0.2) is 0 Å². The highest BCUT2D eigenvalue weighted by Crippen LogP contribution is 2.33. The molecule has 0 heterocycles. The van der Waals surface area contributed by atoms with E-state index < -0.39 is 6.10 Å². The average Bonchev–Trinajstić information content (AvgIpc) is 2.53. The maximum atomic E-state index is 10.6. The van der Waals surface area contributed by atoms with E-state index in [0.29, 0.717) is 5.75 Å². The van der Waals surface area contributed by atoms with Crippen molar-refractivity contribution in [2.24, 2.45) is 0 Å². The lowest BCUT2D eigenvalue weighted by Gasteiger charge is -2.16. The Balaban J connectivity index is 2.14. The van der Waals surface area contributed by atoms with Gasteiger partial charge < -0.3 is 9.84 Å². The van der Waals surface area contributed by atoms with Crippen molar-refractivity contribution < 1.29 is 9.84 Å². The standard InChI is InChI=1S/C18H16O2/c1-20-17-12-15-10-6-5-9-14(15)11-16(17)18(19)13-7-3-2-4-8-13/h2-12,18-19H,1H3/t18-/m1/s1. The summed E-state index contributed by atoms with van der Waals surface area (Å²) in [6.45, 7) is 0. The molecule has 0 bridgehead atoms. The van der Waals surface area contributed by atoms with Crippen LogP contribution in [0.25, 0.3) is 10.8 Å². The first-order chi connectivity index (χ1) is 9.79. The van der Waals surface area contributed by atoms with Gasteiger partial charge in [0, 0.05) is 5.56 Å². The summed E-state index contributed by atoms with van der Waals surface area (Å²) in [5.41, 5.74) is 1.65. The minimum Gasteiger partial charge on any atom is -0.496 e. The Morgan fingerprint density at radius 2 is 1.45 bits per heavy atom. The van der Waals surface area contributed by atoms with E-state index in [9.17, 15) is 5.11 Å². The number of aliphatic hydroxyl groups excluding tert-OH is 1. The van der Waals surface area contributed by atoms with E-state index in [1.807, 2.05) is 66.7 Å². The fourth-order valence-electron chi connectivity index (χ4n) is 2.44. The van der Waals surface area contributed by atoms with Crippen LogP contribution in [-0.4, -0.2) is 12.2 Å². The molecular formula is C18H16O2. The summed E-state index contributed by atoms with van der Waals surface area (Å²) in [5, 5.41) is 12.8. The summed E-state index contributed by atoms with van der Waals surface area (Å²) in [5.74, 6) is 0.708. The zero-order chi connectivity index (χ0) is 13.9. The lowest BCUT2D eigenvalue weighted by atomic mass is 9.97. The third-order valence-electron chi connectivity index (χ3n) is 3.51. The predicted octanol–water partition coefficient (Wildman–Crippen LogP) is 3.93. The van der Waals surface area contributed by atoms with Crippen LogP contribution >= 0.6 is 0 Å². The second-order valence-electron chi connectivity index (χ2n) is 4.75. The number of hydrogen-bond acceptors (Lipinski definition) is 2. The van der Waals surface area contributed by atoms with Crippen LogP contribution in [0.4, 0.5) is 0 Å². The highest BCUT2D eigenvalue weighted by Gasteiger charge is 2.16. The smallest absolute Gasteiger partial charge is 0.125 e. The van der Waals surface area contributed by atoms with E-state index in [2.05, 4.69) is 0 Å². The predicted molar refractivity (Wildman–Crippen MR) is 81.0 cm³/mol. The topological polar surface area (TPSA) is 29.5 Å². The van der Waals surface area contributed by atoms with Crippen LogP contribution in [-0.2, 0) is 0 Å². The number of fused-ring (bicyclic) bond motifs is 1. The van der Waals surface area contributed by atoms with Crippen molar-refractivity contribution in [2.45, 2.75) is 6.10 Å². The van der Waals surface area contributed by atoms with E-state index in [1.54, 1.807) is 7.11 Å². The molecule has 0 aliphatic carbocycles. The first kappa shape index (κ1) is 12.7. The zero-order valence-electron chi connectivity index (χ0n) is 11.3. The van der Waals surface area contributed by atoms with Crippen LogP contribution < -0.4 is 4.74 Å². The van der Waals surface area contributed by atoms with E-state index in [0.717, 1.165) is 21.9 Å². The van der Waals surface area contributed by atoms with Gasteiger partial charge in [-0.15, -0.1) is 0 Å². The van der Waals surface area contributed by atoms with E-state index in [1.165, 1.54) is 0 Å². The third kappa shape index (κ3) is 2.26. The molecule has 100 valence electrons. The van der Waals surface area contributed by atoms with Gasteiger partial charge in [-0.05, 0) is 28.5 Å². The fourth-order valence-corrected chi connectivity index (χ4v) is 2.44. The number of methoxy groups -OCH3 is 1. The van der Waals surface area contributed by atoms with Crippen molar-refractivity contribution in [1.29, 1.82) is 0 Å². The quantitative estimate of drug-likeness (QED) is 0.776. The summed E-state index contributed by atoms with van der Waals surface area (Å²) in [6, 6.07) is 21.6. The molecule has 0 radical (unpaired) electrons. The zero-order valence-corrected chi connectivity index (χ0v) is 11.3. The maximum Gasteiger partial charge on any atom is 0.125 e. The molecule has 0 aliphatic heterocycles. The van der Waals surface area contributed by atoms with Crippen molar-refractivity contribution >= 4 is 10.8 Å². The van der Waals surface area contributed by atoms with Gasteiger partial charge in [-0.25, -0.2) is 0 Å². The molecule has 1 atom stereocenters. The Morgan fingerprint density at radius 3 is 2.10 bits per heavy atom. The SMILES string of the molecule is COc1cc2ccccc2cc1[C@H](O)c1ccccc1. The molecule has 0 amide bonds. The Hall–Kier alpha value is -2.32. The summed E-state index contributed by atoms with van der Waals surface area (Å²) in [6.07, 6.45) is -0.684. The van der Waals surface area contributed by atoms with Crippen LogP contribution in [0.3, 0.4) is 0 Å². The summed E-state index contributed by atoms with van der Waals surface area (Å²) in [4.78, 5) is 0. The number of ether oxygens (including phenoxy) is 1. The monoisotopic (exact) mass is 264 g/mol. The normalized spacial score (nSPS) is 12.3. The summed E-state index contributed by atoms with van der Waals surface area (Å²) >= 11 is 0. The first-order valence-electron chi connectivity index (χ1n) is 6.59. The molecule has 0 unspecified atom stereocenters. The van der Waals surface area contributed by atoms with Gasteiger partial charge in [0.2, 0.25) is 0 Å². The third-order valence-corrected chi connectivity index (χ3v) is 3.51. The Morgan fingerprint density at radius 1 is 0.850 bits per heavy atom. The van der Waals surface area contributed by atoms with Gasteiger partial charge in [-0.2, -0.15) is 0 Å². The summed E-state index contributed by atoms with van der Waals surface area (Å²) in [7, 11) is 1.63. The van der Waals surface area contributed by atoms with Crippen molar-refractivity contribution in [3.8, 4) is 5.75 Å². The van der Waals surface area contributed by atoms with Crippen molar-refractivity contribution in [1.82, 2.24) is 0 Å². The molecule has 0 saturated carbocycles. The van der Waals surface area contributed by atoms with Crippen LogP contribution in [0.5, 0.6) is 5.75 Å². The molecule has 0 aliphatic rings.